The van der Waals surface area contributed by atoms with Crippen LogP contribution in [0.5, 0.6) is 0 Å². The van der Waals surface area contributed by atoms with Gasteiger partial charge in [0.05, 0.1) is 11.2 Å². The van der Waals surface area contributed by atoms with Gasteiger partial charge in [-0.25, -0.2) is 4.98 Å². The van der Waals surface area contributed by atoms with Crippen molar-refractivity contribution in [1.82, 2.24) is 10.3 Å². The van der Waals surface area contributed by atoms with E-state index in [9.17, 15) is 0 Å². The summed E-state index contributed by atoms with van der Waals surface area (Å²) in [5, 5.41) is 3.35. The molecule has 74 valence electrons. The van der Waals surface area contributed by atoms with Crippen molar-refractivity contribution >= 4 is 11.3 Å². The molecule has 0 saturated heterocycles. The van der Waals surface area contributed by atoms with E-state index in [4.69, 9.17) is 0 Å². The average molecular weight is 198 g/mol. The first kappa shape index (κ1) is 10.7. The molecule has 0 aliphatic heterocycles. The van der Waals surface area contributed by atoms with Crippen LogP contribution in [0.15, 0.2) is 5.51 Å². The third kappa shape index (κ3) is 2.78. The highest BCUT2D eigenvalue weighted by molar-refractivity contribution is 7.09. The van der Waals surface area contributed by atoms with Crippen LogP contribution < -0.4 is 5.32 Å². The van der Waals surface area contributed by atoms with Gasteiger partial charge in [-0.05, 0) is 20.4 Å². The molecular formula is C10H18N2S. The van der Waals surface area contributed by atoms with E-state index in [0.29, 0.717) is 6.04 Å². The van der Waals surface area contributed by atoms with Crippen LogP contribution in [0, 0.1) is 6.92 Å². The van der Waals surface area contributed by atoms with E-state index < -0.39 is 0 Å². The van der Waals surface area contributed by atoms with Crippen LogP contribution in [0.3, 0.4) is 0 Å². The van der Waals surface area contributed by atoms with Gasteiger partial charge in [0.25, 0.3) is 0 Å². The van der Waals surface area contributed by atoms with Crippen LogP contribution in [0.4, 0.5) is 0 Å². The summed E-state index contributed by atoms with van der Waals surface area (Å²) in [5.74, 6) is 0. The van der Waals surface area contributed by atoms with Crippen LogP contribution in [-0.4, -0.2) is 12.0 Å². The van der Waals surface area contributed by atoms with E-state index in [1.54, 1.807) is 11.3 Å². The number of nitrogens with zero attached hydrogens (tertiary/aromatic N) is 1. The van der Waals surface area contributed by atoms with Gasteiger partial charge < -0.3 is 5.32 Å². The zero-order valence-electron chi connectivity index (χ0n) is 8.63. The maximum Gasteiger partial charge on any atom is 0.0798 e. The molecule has 0 radical (unpaired) electrons. The van der Waals surface area contributed by atoms with Crippen molar-refractivity contribution in [1.29, 1.82) is 0 Å². The van der Waals surface area contributed by atoms with Crippen LogP contribution in [0.2, 0.25) is 0 Å². The van der Waals surface area contributed by atoms with Gasteiger partial charge in [-0.1, -0.05) is 19.8 Å². The minimum Gasteiger partial charge on any atom is -0.312 e. The second-order valence-corrected chi connectivity index (χ2v) is 4.17. The van der Waals surface area contributed by atoms with E-state index in [1.165, 1.54) is 29.8 Å². The Bertz CT molecular complexity index is 245. The van der Waals surface area contributed by atoms with Gasteiger partial charge >= 0.3 is 0 Å². The number of hydrogen-bond acceptors (Lipinski definition) is 3. The highest BCUT2D eigenvalue weighted by atomic mass is 32.1. The minimum atomic E-state index is 0.507. The highest BCUT2D eigenvalue weighted by Crippen LogP contribution is 2.25. The summed E-state index contributed by atoms with van der Waals surface area (Å²) in [7, 11) is 2.03. The van der Waals surface area contributed by atoms with Crippen molar-refractivity contribution in [3.8, 4) is 0 Å². The number of aromatic nitrogens is 1. The molecule has 1 heterocycles. The van der Waals surface area contributed by atoms with Gasteiger partial charge in [0.2, 0.25) is 0 Å². The standard InChI is InChI=1S/C10H18N2S/c1-4-5-6-9(11-3)10-8(2)12-7-13-10/h7,9,11H,4-6H2,1-3H3. The Hall–Kier alpha value is -0.410. The summed E-state index contributed by atoms with van der Waals surface area (Å²) in [6.07, 6.45) is 3.76. The molecule has 0 saturated carbocycles. The summed E-state index contributed by atoms with van der Waals surface area (Å²) in [6, 6.07) is 0.507. The van der Waals surface area contributed by atoms with Crippen molar-refractivity contribution in [2.24, 2.45) is 0 Å². The number of hydrogen-bond donors (Lipinski definition) is 1. The summed E-state index contributed by atoms with van der Waals surface area (Å²) >= 11 is 1.76. The molecule has 2 nitrogen and oxygen atoms in total. The molecule has 0 spiro atoms. The molecule has 1 aromatic rings. The normalized spacial score (nSPS) is 13.2. The molecule has 0 aliphatic rings. The van der Waals surface area contributed by atoms with Crippen LogP contribution in [-0.2, 0) is 0 Å². The molecule has 13 heavy (non-hydrogen) atoms. The second-order valence-electron chi connectivity index (χ2n) is 3.29. The zero-order valence-corrected chi connectivity index (χ0v) is 9.45. The molecule has 0 bridgehead atoms. The predicted molar refractivity (Wildman–Crippen MR) is 58.2 cm³/mol. The molecule has 1 unspecified atom stereocenters. The van der Waals surface area contributed by atoms with Gasteiger partial charge in [-0.15, -0.1) is 11.3 Å². The van der Waals surface area contributed by atoms with Gasteiger partial charge in [0, 0.05) is 10.9 Å². The number of rotatable bonds is 5. The Morgan fingerprint density at radius 3 is 2.85 bits per heavy atom. The lowest BCUT2D eigenvalue weighted by molar-refractivity contribution is 0.527. The fourth-order valence-electron chi connectivity index (χ4n) is 1.46. The highest BCUT2D eigenvalue weighted by Gasteiger charge is 2.12. The quantitative estimate of drug-likeness (QED) is 0.787. The molecule has 0 fully saturated rings. The molecule has 0 amide bonds. The monoisotopic (exact) mass is 198 g/mol. The first-order valence-electron chi connectivity index (χ1n) is 4.86. The third-order valence-corrected chi connectivity index (χ3v) is 3.34. The number of unbranched alkanes of at least 4 members (excludes halogenated alkanes) is 1. The maximum absolute atomic E-state index is 4.27. The van der Waals surface area contributed by atoms with E-state index in [2.05, 4.69) is 24.1 Å². The summed E-state index contributed by atoms with van der Waals surface area (Å²) < 4.78 is 0. The van der Waals surface area contributed by atoms with E-state index in [1.807, 2.05) is 12.6 Å². The number of nitrogens with one attached hydrogen (secondary N) is 1. The number of thiazole rings is 1. The van der Waals surface area contributed by atoms with Crippen molar-refractivity contribution in [3.05, 3.63) is 16.1 Å². The maximum atomic E-state index is 4.27. The van der Waals surface area contributed by atoms with Crippen molar-refractivity contribution in [2.45, 2.75) is 39.2 Å². The van der Waals surface area contributed by atoms with Crippen molar-refractivity contribution < 1.29 is 0 Å². The molecular weight excluding hydrogens is 180 g/mol. The van der Waals surface area contributed by atoms with Crippen LogP contribution in [0.1, 0.15) is 42.8 Å². The molecule has 1 aromatic heterocycles. The van der Waals surface area contributed by atoms with Crippen LogP contribution in [0.25, 0.3) is 0 Å². The largest absolute Gasteiger partial charge is 0.312 e. The van der Waals surface area contributed by atoms with E-state index >= 15 is 0 Å². The Kier molecular flexibility index (Phi) is 4.39. The zero-order chi connectivity index (χ0) is 9.68. The predicted octanol–water partition coefficient (Wildman–Crippen LogP) is 2.90. The fraction of sp³-hybridized carbons (Fsp3) is 0.700. The molecule has 1 rings (SSSR count). The van der Waals surface area contributed by atoms with Crippen LogP contribution >= 0.6 is 11.3 Å². The van der Waals surface area contributed by atoms with E-state index in [-0.39, 0.29) is 0 Å². The Labute approximate surface area is 84.4 Å². The lowest BCUT2D eigenvalue weighted by Crippen LogP contribution is -2.15. The number of aryl methyl sites for hydroxylation is 1. The third-order valence-electron chi connectivity index (χ3n) is 2.29. The SMILES string of the molecule is CCCCC(NC)c1scnc1C. The van der Waals surface area contributed by atoms with E-state index in [0.717, 1.165) is 0 Å². The summed E-state index contributed by atoms with van der Waals surface area (Å²) in [6.45, 7) is 4.31. The topological polar surface area (TPSA) is 24.9 Å². The van der Waals surface area contributed by atoms with Crippen molar-refractivity contribution in [2.75, 3.05) is 7.05 Å². The summed E-state index contributed by atoms with van der Waals surface area (Å²) in [5.41, 5.74) is 3.11. The Morgan fingerprint density at radius 2 is 2.38 bits per heavy atom. The molecule has 1 atom stereocenters. The Morgan fingerprint density at radius 1 is 1.62 bits per heavy atom. The second kappa shape index (κ2) is 5.35. The average Bonchev–Trinajstić information content (AvgIpc) is 2.54. The van der Waals surface area contributed by atoms with Gasteiger partial charge in [0.15, 0.2) is 0 Å². The van der Waals surface area contributed by atoms with Gasteiger partial charge in [-0.3, -0.25) is 0 Å². The molecule has 1 N–H and O–H groups in total. The first-order chi connectivity index (χ1) is 6.29. The minimum absolute atomic E-state index is 0.507. The molecule has 0 aromatic carbocycles. The first-order valence-corrected chi connectivity index (χ1v) is 5.74. The molecule has 0 aliphatic carbocycles. The fourth-order valence-corrected chi connectivity index (χ4v) is 2.41. The lowest BCUT2D eigenvalue weighted by atomic mass is 10.1. The van der Waals surface area contributed by atoms with Gasteiger partial charge in [0.1, 0.15) is 0 Å². The summed E-state index contributed by atoms with van der Waals surface area (Å²) in [4.78, 5) is 5.67. The smallest absolute Gasteiger partial charge is 0.0798 e. The molecule has 3 heteroatoms. The lowest BCUT2D eigenvalue weighted by Gasteiger charge is -2.14. The van der Waals surface area contributed by atoms with Gasteiger partial charge in [-0.2, -0.15) is 0 Å². The van der Waals surface area contributed by atoms with Crippen molar-refractivity contribution in [3.63, 3.8) is 0 Å². The Balaban J connectivity index is 2.61.